The Labute approximate surface area is 140 Å². The smallest absolute Gasteiger partial charge is 0.119 e. The molecule has 4 nitrogen and oxygen atoms in total. The molecule has 4 heteroatoms. The molecule has 1 aromatic rings. The van der Waals surface area contributed by atoms with Gasteiger partial charge >= 0.3 is 0 Å². The van der Waals surface area contributed by atoms with Crippen LogP contribution in [0.15, 0.2) is 24.3 Å². The Kier molecular flexibility index (Phi) is 7.69. The number of likely N-dealkylation sites (N-methyl/N-ethyl adjacent to an activating group) is 1. The molecular weight excluding hydrogens is 290 g/mol. The van der Waals surface area contributed by atoms with Crippen LogP contribution in [-0.4, -0.2) is 57.1 Å². The topological polar surface area (TPSA) is 27.7 Å². The number of unbranched alkanes of at least 4 members (excludes halogenated alkanes) is 1. The van der Waals surface area contributed by atoms with Crippen molar-refractivity contribution in [2.75, 3.05) is 52.6 Å². The third-order valence-corrected chi connectivity index (χ3v) is 4.73. The largest absolute Gasteiger partial charge is 0.494 e. The number of rotatable bonds is 10. The number of morpholine rings is 1. The molecule has 0 spiro atoms. The maximum atomic E-state index is 5.87. The minimum absolute atomic E-state index is 0.775. The quantitative estimate of drug-likeness (QED) is 0.487. The highest BCUT2D eigenvalue weighted by atomic mass is 16.5. The van der Waals surface area contributed by atoms with Crippen molar-refractivity contribution in [1.29, 1.82) is 0 Å². The second kappa shape index (κ2) is 9.78. The number of hydrogen-bond donors (Lipinski definition) is 0. The van der Waals surface area contributed by atoms with Crippen molar-refractivity contribution in [3.63, 3.8) is 0 Å². The fraction of sp³-hybridized carbons (Fsp3) is 0.684. The maximum absolute atomic E-state index is 5.87. The molecule has 0 aliphatic carbocycles. The summed E-state index contributed by atoms with van der Waals surface area (Å²) < 4.78 is 18.2. The van der Waals surface area contributed by atoms with Gasteiger partial charge in [0.2, 0.25) is 0 Å². The van der Waals surface area contributed by atoms with Crippen LogP contribution in [0.2, 0.25) is 0 Å². The summed E-state index contributed by atoms with van der Waals surface area (Å²) in [5.74, 6) is 1.85. The number of benzene rings is 1. The van der Waals surface area contributed by atoms with Crippen molar-refractivity contribution in [2.45, 2.75) is 33.1 Å². The minimum Gasteiger partial charge on any atom is -0.494 e. The Morgan fingerprint density at radius 1 is 0.913 bits per heavy atom. The molecule has 2 rings (SSSR count). The predicted octanol–water partition coefficient (Wildman–Crippen LogP) is 3.50. The van der Waals surface area contributed by atoms with Crippen LogP contribution >= 0.6 is 0 Å². The fourth-order valence-electron chi connectivity index (χ4n) is 2.98. The summed E-state index contributed by atoms with van der Waals surface area (Å²) in [6.07, 6.45) is 3.34. The zero-order chi connectivity index (χ0) is 16.4. The van der Waals surface area contributed by atoms with Gasteiger partial charge in [0.1, 0.15) is 24.6 Å². The van der Waals surface area contributed by atoms with Gasteiger partial charge in [0, 0.05) is 6.42 Å². The maximum Gasteiger partial charge on any atom is 0.119 e. The third kappa shape index (κ3) is 6.04. The second-order valence-corrected chi connectivity index (χ2v) is 6.32. The molecule has 1 aromatic carbocycles. The van der Waals surface area contributed by atoms with Crippen molar-refractivity contribution < 1.29 is 18.7 Å². The standard InChI is InChI=1S/C19H32NO3/c1-3-5-14-22-18-7-9-19(10-8-18)23-15-6-11-20(4-2)12-16-21-17-13-20/h7-10H,3-6,11-17H2,1-2H3/q+1. The molecule has 23 heavy (non-hydrogen) atoms. The first-order chi connectivity index (χ1) is 11.3. The normalized spacial score (nSPS) is 17.0. The van der Waals surface area contributed by atoms with Gasteiger partial charge in [-0.05, 0) is 37.6 Å². The zero-order valence-corrected chi connectivity index (χ0v) is 14.8. The molecule has 0 N–H and O–H groups in total. The molecule has 0 saturated carbocycles. The van der Waals surface area contributed by atoms with E-state index < -0.39 is 0 Å². The van der Waals surface area contributed by atoms with Crippen LogP contribution in [0.1, 0.15) is 33.1 Å². The van der Waals surface area contributed by atoms with Crippen molar-refractivity contribution in [3.8, 4) is 11.5 Å². The van der Waals surface area contributed by atoms with E-state index in [9.17, 15) is 0 Å². The zero-order valence-electron chi connectivity index (χ0n) is 14.8. The molecule has 1 aliphatic rings. The first-order valence-electron chi connectivity index (χ1n) is 9.06. The van der Waals surface area contributed by atoms with E-state index in [2.05, 4.69) is 13.8 Å². The Hall–Kier alpha value is -1.26. The molecular formula is C19H32NO3+. The molecule has 1 aliphatic heterocycles. The number of ether oxygens (including phenoxy) is 3. The van der Waals surface area contributed by atoms with E-state index in [1.54, 1.807) is 0 Å². The molecule has 0 amide bonds. The van der Waals surface area contributed by atoms with Crippen LogP contribution in [0.5, 0.6) is 11.5 Å². The highest BCUT2D eigenvalue weighted by molar-refractivity contribution is 5.31. The Balaban J connectivity index is 1.67. The fourth-order valence-corrected chi connectivity index (χ4v) is 2.98. The lowest BCUT2D eigenvalue weighted by Gasteiger charge is -2.40. The van der Waals surface area contributed by atoms with E-state index in [0.29, 0.717) is 0 Å². The van der Waals surface area contributed by atoms with Gasteiger partial charge in [-0.15, -0.1) is 0 Å². The molecule has 0 unspecified atom stereocenters. The molecule has 1 saturated heterocycles. The summed E-state index contributed by atoms with van der Waals surface area (Å²) in [6.45, 7) is 12.5. The van der Waals surface area contributed by atoms with E-state index in [4.69, 9.17) is 14.2 Å². The van der Waals surface area contributed by atoms with Gasteiger partial charge in [-0.1, -0.05) is 13.3 Å². The Bertz CT molecular complexity index is 427. The Morgan fingerprint density at radius 2 is 1.48 bits per heavy atom. The van der Waals surface area contributed by atoms with Gasteiger partial charge in [0.25, 0.3) is 0 Å². The summed E-state index contributed by atoms with van der Waals surface area (Å²) in [5, 5.41) is 0. The molecule has 130 valence electrons. The minimum atomic E-state index is 0.775. The van der Waals surface area contributed by atoms with E-state index >= 15 is 0 Å². The first-order valence-corrected chi connectivity index (χ1v) is 9.06. The lowest BCUT2D eigenvalue weighted by molar-refractivity contribution is -0.933. The van der Waals surface area contributed by atoms with Crippen LogP contribution in [-0.2, 0) is 4.74 Å². The summed E-state index contributed by atoms with van der Waals surface area (Å²) in [7, 11) is 0. The van der Waals surface area contributed by atoms with Crippen LogP contribution in [0.25, 0.3) is 0 Å². The van der Waals surface area contributed by atoms with Gasteiger partial charge in [0.15, 0.2) is 0 Å². The first kappa shape index (κ1) is 18.1. The monoisotopic (exact) mass is 322 g/mol. The molecule has 1 heterocycles. The van der Waals surface area contributed by atoms with Crippen molar-refractivity contribution in [3.05, 3.63) is 24.3 Å². The molecule has 1 fully saturated rings. The number of quaternary nitrogens is 1. The SMILES string of the molecule is CCCCOc1ccc(OCCC[N+]2(CC)CCOCC2)cc1. The molecule has 0 radical (unpaired) electrons. The van der Waals surface area contributed by atoms with Gasteiger partial charge in [-0.25, -0.2) is 0 Å². The molecule has 0 atom stereocenters. The average molecular weight is 322 g/mol. The van der Waals surface area contributed by atoms with Gasteiger partial charge in [-0.2, -0.15) is 0 Å². The van der Waals surface area contributed by atoms with E-state index in [-0.39, 0.29) is 0 Å². The van der Waals surface area contributed by atoms with Crippen LogP contribution in [0.4, 0.5) is 0 Å². The van der Waals surface area contributed by atoms with Gasteiger partial charge in [0.05, 0.1) is 39.5 Å². The lowest BCUT2D eigenvalue weighted by atomic mass is 10.2. The third-order valence-electron chi connectivity index (χ3n) is 4.73. The average Bonchev–Trinajstić information content (AvgIpc) is 2.61. The van der Waals surface area contributed by atoms with Gasteiger partial charge in [-0.3, -0.25) is 0 Å². The summed E-state index contributed by atoms with van der Waals surface area (Å²) in [6, 6.07) is 7.99. The number of nitrogens with zero attached hydrogens (tertiary/aromatic N) is 1. The van der Waals surface area contributed by atoms with Gasteiger partial charge < -0.3 is 18.7 Å². The van der Waals surface area contributed by atoms with E-state index in [1.807, 2.05) is 24.3 Å². The number of hydrogen-bond acceptors (Lipinski definition) is 3. The van der Waals surface area contributed by atoms with Crippen molar-refractivity contribution >= 4 is 0 Å². The molecule has 0 bridgehead atoms. The van der Waals surface area contributed by atoms with Crippen LogP contribution in [0, 0.1) is 0 Å². The summed E-state index contributed by atoms with van der Waals surface area (Å²) in [5.41, 5.74) is 0. The summed E-state index contributed by atoms with van der Waals surface area (Å²) in [4.78, 5) is 0. The highest BCUT2D eigenvalue weighted by Gasteiger charge is 2.27. The van der Waals surface area contributed by atoms with E-state index in [0.717, 1.165) is 70.3 Å². The van der Waals surface area contributed by atoms with Crippen LogP contribution < -0.4 is 9.47 Å². The highest BCUT2D eigenvalue weighted by Crippen LogP contribution is 2.18. The lowest BCUT2D eigenvalue weighted by Crippen LogP contribution is -2.55. The Morgan fingerprint density at radius 3 is 2.00 bits per heavy atom. The van der Waals surface area contributed by atoms with E-state index in [1.165, 1.54) is 17.6 Å². The van der Waals surface area contributed by atoms with Crippen molar-refractivity contribution in [2.24, 2.45) is 0 Å². The van der Waals surface area contributed by atoms with Crippen LogP contribution in [0.3, 0.4) is 0 Å². The van der Waals surface area contributed by atoms with Crippen molar-refractivity contribution in [1.82, 2.24) is 0 Å². The summed E-state index contributed by atoms with van der Waals surface area (Å²) >= 11 is 0. The molecule has 0 aromatic heterocycles. The predicted molar refractivity (Wildman–Crippen MR) is 93.2 cm³/mol. The second-order valence-electron chi connectivity index (χ2n) is 6.32.